The van der Waals surface area contributed by atoms with Crippen LogP contribution in [0.3, 0.4) is 0 Å². The molecule has 0 saturated heterocycles. The van der Waals surface area contributed by atoms with E-state index in [1.807, 2.05) is 12.1 Å². The largest absolute Gasteiger partial charge is 0.143 e. The van der Waals surface area contributed by atoms with Crippen LogP contribution in [-0.4, -0.2) is 0 Å². The lowest BCUT2D eigenvalue weighted by atomic mass is 9.91. The van der Waals surface area contributed by atoms with E-state index in [4.69, 9.17) is 12.6 Å². The van der Waals surface area contributed by atoms with Crippen LogP contribution in [0.25, 0.3) is 44.5 Å². The minimum absolute atomic E-state index is 0.982. The summed E-state index contributed by atoms with van der Waals surface area (Å²) in [5.74, 6) is 0. The van der Waals surface area contributed by atoms with Crippen LogP contribution in [0, 0.1) is 0 Å². The van der Waals surface area contributed by atoms with Gasteiger partial charge < -0.3 is 0 Å². The van der Waals surface area contributed by atoms with E-state index in [9.17, 15) is 0 Å². The van der Waals surface area contributed by atoms with E-state index in [1.165, 1.54) is 48.7 Å². The molecule has 0 unspecified atom stereocenters. The van der Waals surface area contributed by atoms with Crippen LogP contribution in [0.15, 0.2) is 166 Å². The summed E-state index contributed by atoms with van der Waals surface area (Å²) < 4.78 is 0. The summed E-state index contributed by atoms with van der Waals surface area (Å²) in [6.45, 7) is 0. The van der Waals surface area contributed by atoms with Gasteiger partial charge in [-0.1, -0.05) is 127 Å². The van der Waals surface area contributed by atoms with Gasteiger partial charge >= 0.3 is 0 Å². The van der Waals surface area contributed by atoms with E-state index in [0.29, 0.717) is 0 Å². The van der Waals surface area contributed by atoms with Crippen molar-refractivity contribution < 1.29 is 0 Å². The van der Waals surface area contributed by atoms with Gasteiger partial charge in [-0.2, -0.15) is 0 Å². The third-order valence-electron chi connectivity index (χ3n) is 6.68. The molecule has 6 aromatic rings. The van der Waals surface area contributed by atoms with E-state index < -0.39 is 0 Å². The van der Waals surface area contributed by atoms with Gasteiger partial charge in [0.2, 0.25) is 0 Å². The van der Waals surface area contributed by atoms with Crippen molar-refractivity contribution in [1.82, 2.24) is 0 Å². The van der Waals surface area contributed by atoms with E-state index in [0.717, 1.165) is 10.5 Å². The maximum Gasteiger partial charge on any atom is 0.0122 e. The summed E-state index contributed by atoms with van der Waals surface area (Å²) >= 11 is 6.50. The molecule has 0 saturated carbocycles. The first-order valence-corrected chi connectivity index (χ1v) is 13.9. The Balaban J connectivity index is 1.31. The molecule has 0 N–H and O–H groups in total. The number of hydrogen-bond donors (Lipinski definition) is 1. The predicted molar refractivity (Wildman–Crippen MR) is 166 cm³/mol. The lowest BCUT2D eigenvalue weighted by Gasteiger charge is -2.14. The molecule has 0 heterocycles. The van der Waals surface area contributed by atoms with E-state index in [1.54, 1.807) is 11.8 Å². The Kier molecular flexibility index (Phi) is 7.17. The minimum atomic E-state index is 0.982. The first-order valence-electron chi connectivity index (χ1n) is 12.7. The summed E-state index contributed by atoms with van der Waals surface area (Å²) in [5.41, 5.74) is 9.64. The molecular formula is C36H26S2. The third kappa shape index (κ3) is 5.33. The fourth-order valence-electron chi connectivity index (χ4n) is 4.72. The first kappa shape index (κ1) is 24.4. The molecule has 0 fully saturated rings. The van der Waals surface area contributed by atoms with Crippen LogP contribution in [-0.2, 0) is 0 Å². The van der Waals surface area contributed by atoms with Gasteiger partial charge in [-0.15, -0.1) is 12.6 Å². The normalized spacial score (nSPS) is 10.9. The van der Waals surface area contributed by atoms with Gasteiger partial charge in [0.15, 0.2) is 0 Å². The second kappa shape index (κ2) is 11.2. The molecule has 6 rings (SSSR count). The molecule has 0 aliphatic carbocycles. The van der Waals surface area contributed by atoms with Crippen molar-refractivity contribution in [3.05, 3.63) is 152 Å². The van der Waals surface area contributed by atoms with Gasteiger partial charge in [0.25, 0.3) is 0 Å². The van der Waals surface area contributed by atoms with Crippen molar-refractivity contribution in [3.8, 4) is 44.5 Å². The minimum Gasteiger partial charge on any atom is -0.143 e. The Bertz CT molecular complexity index is 1650. The van der Waals surface area contributed by atoms with Crippen molar-refractivity contribution >= 4 is 24.4 Å². The van der Waals surface area contributed by atoms with Gasteiger partial charge in [-0.3, -0.25) is 0 Å². The van der Waals surface area contributed by atoms with Crippen LogP contribution in [0.2, 0.25) is 0 Å². The molecule has 182 valence electrons. The summed E-state index contributed by atoms with van der Waals surface area (Å²) in [4.78, 5) is 3.44. The molecule has 0 bridgehead atoms. The first-order chi connectivity index (χ1) is 18.7. The van der Waals surface area contributed by atoms with Crippen LogP contribution in [0.4, 0.5) is 0 Å². The zero-order chi connectivity index (χ0) is 25.7. The van der Waals surface area contributed by atoms with Gasteiger partial charge in [-0.25, -0.2) is 0 Å². The number of thiol groups is 1. The van der Waals surface area contributed by atoms with E-state index in [-0.39, 0.29) is 0 Å². The summed E-state index contributed by atoms with van der Waals surface area (Å²) in [5, 5.41) is 0. The van der Waals surface area contributed by atoms with Crippen molar-refractivity contribution in [3.63, 3.8) is 0 Å². The molecule has 0 amide bonds. The highest BCUT2D eigenvalue weighted by Gasteiger charge is 2.11. The average molecular weight is 523 g/mol. The molecule has 0 aliphatic rings. The smallest absolute Gasteiger partial charge is 0.0122 e. The predicted octanol–water partition coefficient (Wildman–Crippen LogP) is 10.8. The highest BCUT2D eigenvalue weighted by atomic mass is 32.2. The van der Waals surface area contributed by atoms with Crippen LogP contribution in [0.5, 0.6) is 0 Å². The molecule has 0 nitrogen and oxygen atoms in total. The molecule has 38 heavy (non-hydrogen) atoms. The monoisotopic (exact) mass is 522 g/mol. The molecular weight excluding hydrogens is 497 g/mol. The average Bonchev–Trinajstić information content (AvgIpc) is 2.99. The van der Waals surface area contributed by atoms with Crippen LogP contribution in [0.1, 0.15) is 0 Å². The molecule has 6 aromatic carbocycles. The Morgan fingerprint density at radius 2 is 0.816 bits per heavy atom. The highest BCUT2D eigenvalue weighted by molar-refractivity contribution is 7.99. The Labute approximate surface area is 234 Å². The topological polar surface area (TPSA) is 0 Å². The van der Waals surface area contributed by atoms with Crippen LogP contribution < -0.4 is 0 Å². The Hall–Kier alpha value is -3.98. The summed E-state index contributed by atoms with van der Waals surface area (Å²) in [7, 11) is 0. The van der Waals surface area contributed by atoms with Crippen molar-refractivity contribution in [2.75, 3.05) is 0 Å². The SMILES string of the molecule is Sc1ccccc1-c1ccc(-c2ccccc2)c(-c2ccc(Sc3ccc(-c4ccccc4)cc3)cc2)c1. The van der Waals surface area contributed by atoms with Gasteiger partial charge in [0, 0.05) is 14.7 Å². The number of benzene rings is 6. The fraction of sp³-hybridized carbons (Fsp3) is 0. The lowest BCUT2D eigenvalue weighted by Crippen LogP contribution is -1.88. The van der Waals surface area contributed by atoms with Crippen molar-refractivity contribution in [1.29, 1.82) is 0 Å². The van der Waals surface area contributed by atoms with Gasteiger partial charge in [-0.05, 0) is 80.9 Å². The molecule has 2 heteroatoms. The second-order valence-corrected chi connectivity index (χ2v) is 10.8. The van der Waals surface area contributed by atoms with Crippen LogP contribution >= 0.6 is 24.4 Å². The molecule has 0 atom stereocenters. The van der Waals surface area contributed by atoms with Crippen molar-refractivity contribution in [2.45, 2.75) is 14.7 Å². The number of hydrogen-bond acceptors (Lipinski definition) is 2. The van der Waals surface area contributed by atoms with Gasteiger partial charge in [0.05, 0.1) is 0 Å². The van der Waals surface area contributed by atoms with E-state index >= 15 is 0 Å². The third-order valence-corrected chi connectivity index (χ3v) is 8.09. The number of rotatable bonds is 6. The highest BCUT2D eigenvalue weighted by Crippen LogP contribution is 2.38. The quantitative estimate of drug-likeness (QED) is 0.212. The Morgan fingerprint density at radius 3 is 1.45 bits per heavy atom. The fourth-order valence-corrected chi connectivity index (χ4v) is 5.83. The standard InChI is InChI=1S/C36H26S2/c37-36-14-8-7-13-34(36)30-19-24-33(28-11-5-2-6-12-28)35(25-30)29-17-22-32(23-18-29)38-31-20-15-27(16-21-31)26-9-3-1-4-10-26/h1-25,37H. The van der Waals surface area contributed by atoms with Crippen molar-refractivity contribution in [2.24, 2.45) is 0 Å². The van der Waals surface area contributed by atoms with Gasteiger partial charge in [0.1, 0.15) is 0 Å². The molecule has 0 spiro atoms. The molecule has 0 radical (unpaired) electrons. The van der Waals surface area contributed by atoms with E-state index in [2.05, 4.69) is 140 Å². The maximum atomic E-state index is 4.71. The zero-order valence-corrected chi connectivity index (χ0v) is 22.5. The maximum absolute atomic E-state index is 4.71. The lowest BCUT2D eigenvalue weighted by molar-refractivity contribution is 1.40. The second-order valence-electron chi connectivity index (χ2n) is 9.16. The molecule has 0 aliphatic heterocycles. The Morgan fingerprint density at radius 1 is 0.342 bits per heavy atom. The summed E-state index contributed by atoms with van der Waals surface area (Å²) in [6, 6.07) is 53.8. The zero-order valence-electron chi connectivity index (χ0n) is 20.8. The summed E-state index contributed by atoms with van der Waals surface area (Å²) in [6.07, 6.45) is 0. The molecule has 0 aromatic heterocycles.